The van der Waals surface area contributed by atoms with E-state index < -0.39 is 0 Å². The minimum Gasteiger partial charge on any atom is -0.335 e. The molecule has 2 bridgehead atoms. The summed E-state index contributed by atoms with van der Waals surface area (Å²) in [5.41, 5.74) is 3.46. The first-order valence-electron chi connectivity index (χ1n) is 9.77. The van der Waals surface area contributed by atoms with E-state index in [0.29, 0.717) is 23.5 Å². The standard InChI is InChI=1S/C21H23N5OS/c1-12-8-17(14(3)28-12)19-6-7-22-21(24-19)26-13(2)18(10-23-26)20(27)25-11-15-4-5-16(25)9-15/h6-8,10,15-16H,4-5,9,11H2,1-3H3/t15-,16-/m1/s1. The molecular formula is C21H23N5OS. The average Bonchev–Trinajstić information content (AvgIpc) is 3.45. The Morgan fingerprint density at radius 3 is 2.79 bits per heavy atom. The molecule has 0 aromatic carbocycles. The third kappa shape index (κ3) is 2.76. The number of hydrogen-bond acceptors (Lipinski definition) is 5. The fraction of sp³-hybridized carbons (Fsp3) is 0.429. The average molecular weight is 394 g/mol. The number of aromatic nitrogens is 4. The lowest BCUT2D eigenvalue weighted by molar-refractivity contribution is 0.0703. The molecule has 3 aromatic heterocycles. The van der Waals surface area contributed by atoms with E-state index in [9.17, 15) is 4.79 Å². The van der Waals surface area contributed by atoms with Gasteiger partial charge in [-0.25, -0.2) is 14.6 Å². The lowest BCUT2D eigenvalue weighted by Gasteiger charge is -2.26. The van der Waals surface area contributed by atoms with Crippen molar-refractivity contribution >= 4 is 17.2 Å². The van der Waals surface area contributed by atoms with Crippen molar-refractivity contribution in [3.63, 3.8) is 0 Å². The van der Waals surface area contributed by atoms with Gasteiger partial charge in [0.1, 0.15) is 0 Å². The Labute approximate surface area is 168 Å². The van der Waals surface area contributed by atoms with Crippen molar-refractivity contribution < 1.29 is 4.79 Å². The van der Waals surface area contributed by atoms with Crippen LogP contribution in [0.15, 0.2) is 24.5 Å². The molecule has 144 valence electrons. The Balaban J connectivity index is 1.47. The fourth-order valence-electron chi connectivity index (χ4n) is 4.63. The van der Waals surface area contributed by atoms with Gasteiger partial charge < -0.3 is 4.90 Å². The molecule has 6 nitrogen and oxygen atoms in total. The largest absolute Gasteiger partial charge is 0.335 e. The maximum Gasteiger partial charge on any atom is 0.257 e. The van der Waals surface area contributed by atoms with Crippen molar-refractivity contribution in [1.82, 2.24) is 24.6 Å². The van der Waals surface area contributed by atoms with Crippen LogP contribution in [-0.4, -0.2) is 43.1 Å². The molecule has 0 unspecified atom stereocenters. The van der Waals surface area contributed by atoms with E-state index in [1.165, 1.54) is 16.2 Å². The summed E-state index contributed by atoms with van der Waals surface area (Å²) in [7, 11) is 0. The van der Waals surface area contributed by atoms with Crippen molar-refractivity contribution in [2.45, 2.75) is 46.1 Å². The molecule has 0 radical (unpaired) electrons. The van der Waals surface area contributed by atoms with Gasteiger partial charge in [0.25, 0.3) is 11.9 Å². The van der Waals surface area contributed by atoms with Gasteiger partial charge in [-0.2, -0.15) is 5.10 Å². The number of carbonyl (C=O) groups excluding carboxylic acids is 1. The smallest absolute Gasteiger partial charge is 0.257 e. The first-order chi connectivity index (χ1) is 13.5. The lowest BCUT2D eigenvalue weighted by atomic mass is 10.1. The van der Waals surface area contributed by atoms with Crippen molar-refractivity contribution in [1.29, 1.82) is 0 Å². The molecule has 3 aromatic rings. The summed E-state index contributed by atoms with van der Waals surface area (Å²) >= 11 is 1.76. The van der Waals surface area contributed by atoms with Gasteiger partial charge in [-0.1, -0.05) is 0 Å². The molecule has 2 aliphatic rings. The first-order valence-corrected chi connectivity index (χ1v) is 10.6. The van der Waals surface area contributed by atoms with Gasteiger partial charge in [-0.15, -0.1) is 11.3 Å². The van der Waals surface area contributed by atoms with Gasteiger partial charge in [-0.05, 0) is 58.1 Å². The summed E-state index contributed by atoms with van der Waals surface area (Å²) in [5, 5.41) is 4.45. The van der Waals surface area contributed by atoms with Crippen LogP contribution in [0.5, 0.6) is 0 Å². The molecule has 7 heteroatoms. The Morgan fingerprint density at radius 1 is 1.25 bits per heavy atom. The SMILES string of the molecule is Cc1cc(-c2ccnc(-n3ncc(C(=O)N4C[C@@H]5CC[C@@H]4C5)c3C)n2)c(C)s1. The van der Waals surface area contributed by atoms with E-state index in [1.807, 2.05) is 17.9 Å². The molecule has 28 heavy (non-hydrogen) atoms. The molecule has 5 rings (SSSR count). The number of aryl methyl sites for hydroxylation is 2. The van der Waals surface area contributed by atoms with Crippen LogP contribution in [0.2, 0.25) is 0 Å². The van der Waals surface area contributed by atoms with Crippen molar-refractivity contribution in [2.75, 3.05) is 6.54 Å². The summed E-state index contributed by atoms with van der Waals surface area (Å²) in [4.78, 5) is 26.7. The zero-order valence-corrected chi connectivity index (χ0v) is 17.2. The van der Waals surface area contributed by atoms with Crippen LogP contribution < -0.4 is 0 Å². The second-order valence-corrected chi connectivity index (χ2v) is 9.38. The maximum absolute atomic E-state index is 13.1. The summed E-state index contributed by atoms with van der Waals surface area (Å²) in [6.45, 7) is 7.01. The van der Waals surface area contributed by atoms with Gasteiger partial charge in [0.15, 0.2) is 0 Å². The number of carbonyl (C=O) groups is 1. The highest BCUT2D eigenvalue weighted by Crippen LogP contribution is 2.38. The third-order valence-electron chi connectivity index (χ3n) is 6.06. The van der Waals surface area contributed by atoms with E-state index >= 15 is 0 Å². The summed E-state index contributed by atoms with van der Waals surface area (Å²) in [5.74, 6) is 1.28. The number of amides is 1. The number of hydrogen-bond donors (Lipinski definition) is 0. The number of rotatable bonds is 3. The molecule has 2 fully saturated rings. The summed E-state index contributed by atoms with van der Waals surface area (Å²) in [6.07, 6.45) is 6.97. The van der Waals surface area contributed by atoms with Crippen LogP contribution >= 0.6 is 11.3 Å². The molecule has 1 saturated carbocycles. The lowest BCUT2D eigenvalue weighted by Crippen LogP contribution is -2.37. The summed E-state index contributed by atoms with van der Waals surface area (Å²) in [6, 6.07) is 4.48. The first kappa shape index (κ1) is 17.6. The second-order valence-electron chi connectivity index (χ2n) is 7.91. The zero-order chi connectivity index (χ0) is 19.4. The Bertz CT molecular complexity index is 1070. The number of fused-ring (bicyclic) bond motifs is 2. The molecule has 4 heterocycles. The van der Waals surface area contributed by atoms with Gasteiger partial charge in [0.2, 0.25) is 0 Å². The quantitative estimate of drug-likeness (QED) is 0.676. The van der Waals surface area contributed by atoms with Gasteiger partial charge in [0.05, 0.1) is 23.1 Å². The van der Waals surface area contributed by atoms with Gasteiger partial charge >= 0.3 is 0 Å². The van der Waals surface area contributed by atoms with E-state index in [-0.39, 0.29) is 5.91 Å². The Kier molecular flexibility index (Phi) is 4.08. The normalized spacial score (nSPS) is 20.9. The van der Waals surface area contributed by atoms with Crippen LogP contribution in [0.25, 0.3) is 17.2 Å². The van der Waals surface area contributed by atoms with Crippen LogP contribution in [0.3, 0.4) is 0 Å². The van der Waals surface area contributed by atoms with E-state index in [1.54, 1.807) is 28.4 Å². The predicted octanol–water partition coefficient (Wildman–Crippen LogP) is 3.94. The highest BCUT2D eigenvalue weighted by atomic mass is 32.1. The van der Waals surface area contributed by atoms with E-state index in [0.717, 1.165) is 36.3 Å². The van der Waals surface area contributed by atoms with E-state index in [2.05, 4.69) is 30.0 Å². The van der Waals surface area contributed by atoms with Crippen molar-refractivity contribution in [2.24, 2.45) is 5.92 Å². The predicted molar refractivity (Wildman–Crippen MR) is 109 cm³/mol. The maximum atomic E-state index is 13.1. The van der Waals surface area contributed by atoms with Crippen LogP contribution in [0, 0.1) is 26.7 Å². The van der Waals surface area contributed by atoms with Crippen molar-refractivity contribution in [3.8, 4) is 17.2 Å². The van der Waals surface area contributed by atoms with Crippen LogP contribution in [0.4, 0.5) is 0 Å². The molecule has 1 saturated heterocycles. The fourth-order valence-corrected chi connectivity index (χ4v) is 5.57. The molecule has 1 aliphatic heterocycles. The minimum absolute atomic E-state index is 0.0939. The molecule has 1 aliphatic carbocycles. The van der Waals surface area contributed by atoms with Crippen molar-refractivity contribution in [3.05, 3.63) is 45.5 Å². The summed E-state index contributed by atoms with van der Waals surface area (Å²) < 4.78 is 1.68. The minimum atomic E-state index is 0.0939. The number of piperidine rings is 1. The Hall–Kier alpha value is -2.54. The van der Waals surface area contributed by atoms with Crippen LogP contribution in [-0.2, 0) is 0 Å². The second kappa shape index (κ2) is 6.51. The van der Waals surface area contributed by atoms with Gasteiger partial charge in [-0.3, -0.25) is 4.79 Å². The molecule has 0 spiro atoms. The Morgan fingerprint density at radius 2 is 2.11 bits per heavy atom. The number of likely N-dealkylation sites (tertiary alicyclic amines) is 1. The topological polar surface area (TPSA) is 63.9 Å². The molecule has 1 amide bonds. The van der Waals surface area contributed by atoms with Gasteiger partial charge in [0, 0.05) is 34.1 Å². The molecule has 2 atom stereocenters. The van der Waals surface area contributed by atoms with E-state index in [4.69, 9.17) is 4.98 Å². The molecule has 0 N–H and O–H groups in total. The number of nitrogens with zero attached hydrogens (tertiary/aromatic N) is 5. The monoisotopic (exact) mass is 393 g/mol. The number of thiophene rings is 1. The highest BCUT2D eigenvalue weighted by Gasteiger charge is 2.41. The van der Waals surface area contributed by atoms with Crippen LogP contribution in [0.1, 0.15) is 45.1 Å². The molecular weight excluding hydrogens is 370 g/mol. The third-order valence-corrected chi connectivity index (χ3v) is 7.03. The zero-order valence-electron chi connectivity index (χ0n) is 16.3. The highest BCUT2D eigenvalue weighted by molar-refractivity contribution is 7.12.